The molecular weight excluding hydrogens is 687 g/mol. The molecule has 0 radical (unpaired) electrons. The van der Waals surface area contributed by atoms with Crippen molar-refractivity contribution >= 4 is 17.1 Å². The predicted octanol–water partition coefficient (Wildman–Crippen LogP) is 13.9. The first-order valence-corrected chi connectivity index (χ1v) is 19.8. The fraction of sp³-hybridized carbons (Fsp3) is 0.0357. The van der Waals surface area contributed by atoms with Gasteiger partial charge in [-0.3, -0.25) is 0 Å². The summed E-state index contributed by atoms with van der Waals surface area (Å²) in [6.45, 7) is 0. The van der Waals surface area contributed by atoms with E-state index in [1.807, 2.05) is 0 Å². The fourth-order valence-electron chi connectivity index (χ4n) is 9.52. The summed E-state index contributed by atoms with van der Waals surface area (Å²) in [7, 11) is 0. The van der Waals surface area contributed by atoms with Gasteiger partial charge < -0.3 is 4.90 Å². The Morgan fingerprint density at radius 1 is 0.281 bits per heavy atom. The topological polar surface area (TPSA) is 3.24 Å². The van der Waals surface area contributed by atoms with Gasteiger partial charge in [0, 0.05) is 17.1 Å². The molecule has 0 bridgehead atoms. The van der Waals surface area contributed by atoms with E-state index in [1.54, 1.807) is 0 Å². The minimum absolute atomic E-state index is 0.489. The van der Waals surface area contributed by atoms with Gasteiger partial charge in [0.2, 0.25) is 0 Å². The molecule has 0 atom stereocenters. The maximum absolute atomic E-state index is 2.44. The van der Waals surface area contributed by atoms with Gasteiger partial charge in [0.1, 0.15) is 0 Å². The van der Waals surface area contributed by atoms with Gasteiger partial charge in [-0.1, -0.05) is 212 Å². The average Bonchev–Trinajstić information content (AvgIpc) is 3.60. The molecule has 10 rings (SSSR count). The van der Waals surface area contributed by atoms with Gasteiger partial charge in [-0.15, -0.1) is 0 Å². The molecule has 0 saturated heterocycles. The number of anilines is 3. The normalized spacial score (nSPS) is 12.7. The van der Waals surface area contributed by atoms with Crippen LogP contribution in [0.15, 0.2) is 249 Å². The van der Waals surface area contributed by atoms with E-state index in [0.717, 1.165) is 17.1 Å². The van der Waals surface area contributed by atoms with Crippen molar-refractivity contribution in [3.8, 4) is 11.1 Å². The van der Waals surface area contributed by atoms with Crippen LogP contribution in [-0.2, 0) is 10.8 Å². The highest BCUT2D eigenvalue weighted by molar-refractivity contribution is 5.89. The number of fused-ring (bicyclic) bond motifs is 3. The van der Waals surface area contributed by atoms with Crippen molar-refractivity contribution in [2.24, 2.45) is 0 Å². The molecule has 9 aromatic carbocycles. The zero-order valence-corrected chi connectivity index (χ0v) is 31.6. The van der Waals surface area contributed by atoms with Crippen LogP contribution in [0.1, 0.15) is 44.5 Å². The van der Waals surface area contributed by atoms with Gasteiger partial charge in [0.25, 0.3) is 0 Å². The highest BCUT2D eigenvalue weighted by Crippen LogP contribution is 2.57. The summed E-state index contributed by atoms with van der Waals surface area (Å²) in [4.78, 5) is 2.41. The maximum Gasteiger partial charge on any atom is 0.0714 e. The van der Waals surface area contributed by atoms with E-state index in [4.69, 9.17) is 0 Å². The van der Waals surface area contributed by atoms with Crippen molar-refractivity contribution in [3.63, 3.8) is 0 Å². The van der Waals surface area contributed by atoms with Crippen LogP contribution in [-0.4, -0.2) is 0 Å². The Labute approximate surface area is 335 Å². The Morgan fingerprint density at radius 3 is 1.16 bits per heavy atom. The molecule has 1 aliphatic carbocycles. The van der Waals surface area contributed by atoms with Gasteiger partial charge >= 0.3 is 0 Å². The summed E-state index contributed by atoms with van der Waals surface area (Å²) in [6.07, 6.45) is 0. The van der Waals surface area contributed by atoms with Gasteiger partial charge in [0.05, 0.1) is 10.8 Å². The Kier molecular flexibility index (Phi) is 8.69. The van der Waals surface area contributed by atoms with Gasteiger partial charge in [0.15, 0.2) is 0 Å². The van der Waals surface area contributed by atoms with Crippen molar-refractivity contribution in [1.29, 1.82) is 0 Å². The first kappa shape index (κ1) is 34.3. The summed E-state index contributed by atoms with van der Waals surface area (Å²) in [5.41, 5.74) is 14.8. The molecule has 0 N–H and O–H groups in total. The van der Waals surface area contributed by atoms with Crippen LogP contribution in [0.3, 0.4) is 0 Å². The van der Waals surface area contributed by atoms with E-state index in [-0.39, 0.29) is 0 Å². The highest BCUT2D eigenvalue weighted by Gasteiger charge is 2.46. The summed E-state index contributed by atoms with van der Waals surface area (Å²) in [5.74, 6) is 0. The molecule has 57 heavy (non-hydrogen) atoms. The fourth-order valence-corrected chi connectivity index (χ4v) is 9.52. The van der Waals surface area contributed by atoms with E-state index in [2.05, 4.69) is 254 Å². The van der Waals surface area contributed by atoms with Crippen LogP contribution in [0, 0.1) is 0 Å². The third kappa shape index (κ3) is 5.54. The lowest BCUT2D eigenvalue weighted by molar-refractivity contribution is 0.745. The van der Waals surface area contributed by atoms with Crippen LogP contribution < -0.4 is 4.90 Å². The minimum atomic E-state index is -0.524. The molecule has 0 amide bonds. The molecule has 9 aromatic rings. The largest absolute Gasteiger partial charge is 0.310 e. The molecule has 0 unspecified atom stereocenters. The average molecular weight is 728 g/mol. The summed E-state index contributed by atoms with van der Waals surface area (Å²) < 4.78 is 0. The molecular formula is C56H41N. The quantitative estimate of drug-likeness (QED) is 0.134. The molecule has 0 heterocycles. The SMILES string of the molecule is c1ccc(N(c2ccc(C(c3ccccc3)(c3ccccc3)c3ccccc3)cc2)c2ccc3c(c2)C(c2ccccc2)(c2ccccc2)c2ccccc2-3)cc1. The van der Waals surface area contributed by atoms with E-state index in [9.17, 15) is 0 Å². The number of rotatable bonds is 9. The second kappa shape index (κ2) is 14.5. The summed E-state index contributed by atoms with van der Waals surface area (Å²) >= 11 is 0. The molecule has 0 spiro atoms. The Balaban J connectivity index is 1.19. The number of hydrogen-bond acceptors (Lipinski definition) is 1. The van der Waals surface area contributed by atoms with Crippen LogP contribution in [0.5, 0.6) is 0 Å². The molecule has 1 nitrogen and oxygen atoms in total. The van der Waals surface area contributed by atoms with Crippen molar-refractivity contribution in [2.45, 2.75) is 10.8 Å². The highest BCUT2D eigenvalue weighted by atomic mass is 15.1. The third-order valence-electron chi connectivity index (χ3n) is 11.9. The van der Waals surface area contributed by atoms with Crippen LogP contribution in [0.2, 0.25) is 0 Å². The Bertz CT molecular complexity index is 2610. The third-order valence-corrected chi connectivity index (χ3v) is 11.9. The summed E-state index contributed by atoms with van der Waals surface area (Å²) in [5, 5.41) is 0. The molecule has 1 heteroatoms. The molecule has 0 saturated carbocycles. The first-order chi connectivity index (χ1) is 28.3. The minimum Gasteiger partial charge on any atom is -0.310 e. The second-order valence-corrected chi connectivity index (χ2v) is 14.8. The maximum atomic E-state index is 2.44. The van der Waals surface area contributed by atoms with Gasteiger partial charge in [-0.05, 0) is 92.0 Å². The lowest BCUT2D eigenvalue weighted by Gasteiger charge is -2.37. The smallest absolute Gasteiger partial charge is 0.0714 e. The van der Waals surface area contributed by atoms with Crippen molar-refractivity contribution in [1.82, 2.24) is 0 Å². The van der Waals surface area contributed by atoms with E-state index >= 15 is 0 Å². The lowest BCUT2D eigenvalue weighted by atomic mass is 9.65. The van der Waals surface area contributed by atoms with Crippen molar-refractivity contribution in [2.75, 3.05) is 4.90 Å². The Morgan fingerprint density at radius 2 is 0.649 bits per heavy atom. The first-order valence-electron chi connectivity index (χ1n) is 19.8. The lowest BCUT2D eigenvalue weighted by Crippen LogP contribution is -2.31. The van der Waals surface area contributed by atoms with Crippen LogP contribution in [0.4, 0.5) is 17.1 Å². The number of hydrogen-bond donors (Lipinski definition) is 0. The van der Waals surface area contributed by atoms with Gasteiger partial charge in [-0.25, -0.2) is 0 Å². The van der Waals surface area contributed by atoms with E-state index in [1.165, 1.54) is 55.6 Å². The van der Waals surface area contributed by atoms with Crippen LogP contribution >= 0.6 is 0 Å². The molecule has 0 aromatic heterocycles. The molecule has 0 aliphatic heterocycles. The predicted molar refractivity (Wildman–Crippen MR) is 237 cm³/mol. The number of benzene rings is 9. The van der Waals surface area contributed by atoms with E-state index in [0.29, 0.717) is 0 Å². The molecule has 270 valence electrons. The van der Waals surface area contributed by atoms with Crippen LogP contribution in [0.25, 0.3) is 11.1 Å². The zero-order valence-electron chi connectivity index (χ0n) is 31.6. The zero-order chi connectivity index (χ0) is 38.1. The monoisotopic (exact) mass is 727 g/mol. The number of para-hydroxylation sites is 1. The summed E-state index contributed by atoms with van der Waals surface area (Å²) in [6, 6.07) is 90.9. The molecule has 1 aliphatic rings. The Hall–Kier alpha value is -7.22. The number of nitrogens with zero attached hydrogens (tertiary/aromatic N) is 1. The second-order valence-electron chi connectivity index (χ2n) is 14.8. The van der Waals surface area contributed by atoms with E-state index < -0.39 is 10.8 Å². The van der Waals surface area contributed by atoms with Crippen molar-refractivity contribution < 1.29 is 0 Å². The standard InChI is InChI=1S/C56H41N/c1-7-21-42(22-8-1)55(43-23-9-2-10-24-43,44-25-11-3-12-26-44)47-35-37-49(38-36-47)57(48-31-17-6-18-32-48)50-39-40-52-51-33-19-20-34-53(51)56(54(52)41-50,45-27-13-4-14-28-45)46-29-15-5-16-30-46/h1-41H. The van der Waals surface area contributed by atoms with Gasteiger partial charge in [-0.2, -0.15) is 0 Å². The van der Waals surface area contributed by atoms with Crippen molar-refractivity contribution in [3.05, 3.63) is 293 Å². The molecule has 0 fully saturated rings.